The average Bonchev–Trinajstić information content (AvgIpc) is 2.85. The summed E-state index contributed by atoms with van der Waals surface area (Å²) in [6.07, 6.45) is 0.0334. The van der Waals surface area contributed by atoms with Crippen LogP contribution < -0.4 is 11.0 Å². The number of carbonyl (C=O) groups excluding carboxylic acids is 2. The summed E-state index contributed by atoms with van der Waals surface area (Å²) in [5.74, 6) is -3.63. The van der Waals surface area contributed by atoms with E-state index in [1.807, 2.05) is 6.92 Å². The Morgan fingerprint density at radius 1 is 1.37 bits per heavy atom. The summed E-state index contributed by atoms with van der Waals surface area (Å²) in [5.41, 5.74) is -3.40. The lowest BCUT2D eigenvalue weighted by Gasteiger charge is -2.35. The lowest BCUT2D eigenvalue weighted by Crippen LogP contribution is -2.59. The first-order valence-corrected chi connectivity index (χ1v) is 9.51. The largest absolute Gasteiger partial charge is 0.456 e. The molecule has 1 aliphatic rings. The SMILES string of the molecule is CCCCCOC(=O)Nc1ccn([C@]2(O)O[C@H](CO)[C@@H](OC(C)=O)[C@@]2(C)O)c(=O)n1. The van der Waals surface area contributed by atoms with Crippen LogP contribution >= 0.6 is 0 Å². The molecule has 4 atom stereocenters. The molecule has 0 radical (unpaired) electrons. The van der Waals surface area contributed by atoms with E-state index in [4.69, 9.17) is 14.2 Å². The maximum Gasteiger partial charge on any atom is 0.412 e. The number of nitrogens with zero attached hydrogens (tertiary/aromatic N) is 2. The number of hydrogen-bond acceptors (Lipinski definition) is 10. The van der Waals surface area contributed by atoms with Crippen LogP contribution in [0.5, 0.6) is 0 Å². The Labute approximate surface area is 172 Å². The number of aromatic nitrogens is 2. The second-order valence-corrected chi connectivity index (χ2v) is 7.06. The summed E-state index contributed by atoms with van der Waals surface area (Å²) in [7, 11) is 0. The van der Waals surface area contributed by atoms with Gasteiger partial charge in [0.15, 0.2) is 11.7 Å². The molecule has 1 fully saturated rings. The number of unbranched alkanes of at least 4 members (excludes halogenated alkanes) is 2. The third-order valence-corrected chi connectivity index (χ3v) is 4.68. The van der Waals surface area contributed by atoms with Gasteiger partial charge < -0.3 is 29.5 Å². The molecule has 168 valence electrons. The van der Waals surface area contributed by atoms with Gasteiger partial charge in [0.2, 0.25) is 0 Å². The molecule has 0 unspecified atom stereocenters. The molecule has 1 aromatic rings. The van der Waals surface area contributed by atoms with Crippen LogP contribution in [0.25, 0.3) is 0 Å². The van der Waals surface area contributed by atoms with E-state index in [0.29, 0.717) is 11.0 Å². The molecule has 0 spiro atoms. The van der Waals surface area contributed by atoms with Crippen molar-refractivity contribution < 1.29 is 39.1 Å². The van der Waals surface area contributed by atoms with E-state index in [1.165, 1.54) is 6.07 Å². The van der Waals surface area contributed by atoms with E-state index < -0.39 is 48.1 Å². The minimum absolute atomic E-state index is 0.145. The number of ether oxygens (including phenoxy) is 3. The van der Waals surface area contributed by atoms with Crippen LogP contribution in [-0.4, -0.2) is 68.0 Å². The predicted octanol–water partition coefficient (Wildman–Crippen LogP) is -0.342. The van der Waals surface area contributed by atoms with Crippen LogP contribution in [0.1, 0.15) is 40.0 Å². The molecule has 1 saturated heterocycles. The van der Waals surface area contributed by atoms with Gasteiger partial charge in [-0.3, -0.25) is 10.1 Å². The van der Waals surface area contributed by atoms with E-state index >= 15 is 0 Å². The van der Waals surface area contributed by atoms with Gasteiger partial charge in [0, 0.05) is 13.1 Å². The van der Waals surface area contributed by atoms with Crippen molar-refractivity contribution >= 4 is 17.9 Å². The highest BCUT2D eigenvalue weighted by Gasteiger charge is 2.66. The normalized spacial score (nSPS) is 28.2. The van der Waals surface area contributed by atoms with Crippen molar-refractivity contribution in [1.29, 1.82) is 0 Å². The molecule has 1 amide bonds. The van der Waals surface area contributed by atoms with Gasteiger partial charge in [0.25, 0.3) is 5.91 Å². The summed E-state index contributed by atoms with van der Waals surface area (Å²) < 4.78 is 15.8. The van der Waals surface area contributed by atoms with Gasteiger partial charge in [-0.05, 0) is 19.4 Å². The van der Waals surface area contributed by atoms with E-state index in [-0.39, 0.29) is 12.4 Å². The Balaban J connectivity index is 2.22. The Hall–Kier alpha value is -2.54. The lowest BCUT2D eigenvalue weighted by molar-refractivity contribution is -0.321. The molecule has 1 aromatic heterocycles. The number of hydrogen-bond donors (Lipinski definition) is 4. The molecule has 12 heteroatoms. The van der Waals surface area contributed by atoms with Gasteiger partial charge in [-0.15, -0.1) is 0 Å². The fraction of sp³-hybridized carbons (Fsp3) is 0.667. The van der Waals surface area contributed by atoms with Gasteiger partial charge in [-0.1, -0.05) is 19.8 Å². The molecule has 0 bridgehead atoms. The molecule has 2 heterocycles. The van der Waals surface area contributed by atoms with E-state index in [2.05, 4.69) is 10.3 Å². The second-order valence-electron chi connectivity index (χ2n) is 7.06. The fourth-order valence-electron chi connectivity index (χ4n) is 3.10. The third kappa shape index (κ3) is 4.78. The number of esters is 1. The Kier molecular flexibility index (Phi) is 7.53. The summed E-state index contributed by atoms with van der Waals surface area (Å²) in [4.78, 5) is 39.2. The summed E-state index contributed by atoms with van der Waals surface area (Å²) in [6.45, 7) is 3.69. The first kappa shape index (κ1) is 23.7. The molecule has 12 nitrogen and oxygen atoms in total. The number of amides is 1. The smallest absolute Gasteiger partial charge is 0.412 e. The second kappa shape index (κ2) is 9.51. The molecule has 1 aliphatic heterocycles. The summed E-state index contributed by atoms with van der Waals surface area (Å²) >= 11 is 0. The molecule has 30 heavy (non-hydrogen) atoms. The highest BCUT2D eigenvalue weighted by Crippen LogP contribution is 2.42. The Bertz CT molecular complexity index is 825. The van der Waals surface area contributed by atoms with Crippen molar-refractivity contribution in [3.8, 4) is 0 Å². The topological polar surface area (TPSA) is 169 Å². The van der Waals surface area contributed by atoms with Crippen LogP contribution in [-0.2, 0) is 24.9 Å². The van der Waals surface area contributed by atoms with Crippen LogP contribution in [0.2, 0.25) is 0 Å². The molecule has 0 saturated carbocycles. The first-order valence-electron chi connectivity index (χ1n) is 9.51. The monoisotopic (exact) mass is 429 g/mol. The maximum atomic E-state index is 12.5. The minimum Gasteiger partial charge on any atom is -0.456 e. The molecule has 4 N–H and O–H groups in total. The quantitative estimate of drug-likeness (QED) is 0.317. The van der Waals surface area contributed by atoms with Crippen molar-refractivity contribution in [3.05, 3.63) is 22.7 Å². The van der Waals surface area contributed by atoms with Crippen LogP contribution in [0.15, 0.2) is 17.1 Å². The van der Waals surface area contributed by atoms with Crippen molar-refractivity contribution in [1.82, 2.24) is 9.55 Å². The lowest BCUT2D eigenvalue weighted by atomic mass is 9.94. The molecule has 0 aliphatic carbocycles. The summed E-state index contributed by atoms with van der Waals surface area (Å²) in [5, 5.41) is 33.5. The number of rotatable bonds is 8. The third-order valence-electron chi connectivity index (χ3n) is 4.68. The van der Waals surface area contributed by atoms with Crippen LogP contribution in [0.4, 0.5) is 10.6 Å². The van der Waals surface area contributed by atoms with E-state index in [0.717, 1.165) is 32.9 Å². The zero-order valence-electron chi connectivity index (χ0n) is 17.0. The highest BCUT2D eigenvalue weighted by atomic mass is 16.7. The standard InChI is InChI=1S/C18H27N3O9/c1-4-5-6-9-28-16(25)20-13-7-8-21(15(24)19-13)18(27)17(3,26)14(29-11(2)23)12(10-22)30-18/h7-8,12,14,22,26-27H,4-6,9-10H2,1-3H3,(H,19,20,24,25)/t12-,14-,17-,18-/m1/s1. The van der Waals surface area contributed by atoms with Crippen molar-refractivity contribution in [2.75, 3.05) is 18.5 Å². The zero-order valence-corrected chi connectivity index (χ0v) is 17.0. The van der Waals surface area contributed by atoms with Crippen molar-refractivity contribution in [2.24, 2.45) is 0 Å². The Morgan fingerprint density at radius 3 is 2.63 bits per heavy atom. The van der Waals surface area contributed by atoms with E-state index in [9.17, 15) is 29.7 Å². The number of carbonyl (C=O) groups is 2. The van der Waals surface area contributed by atoms with Gasteiger partial charge in [-0.25, -0.2) is 14.2 Å². The van der Waals surface area contributed by atoms with Crippen molar-refractivity contribution in [2.45, 2.75) is 63.8 Å². The molecule has 0 aromatic carbocycles. The van der Waals surface area contributed by atoms with E-state index in [1.54, 1.807) is 0 Å². The predicted molar refractivity (Wildman–Crippen MR) is 101 cm³/mol. The zero-order chi connectivity index (χ0) is 22.5. The van der Waals surface area contributed by atoms with Gasteiger partial charge in [0.05, 0.1) is 13.2 Å². The number of aliphatic hydroxyl groups is 3. The number of nitrogens with one attached hydrogen (secondary N) is 1. The highest BCUT2D eigenvalue weighted by molar-refractivity contribution is 5.83. The fourth-order valence-corrected chi connectivity index (χ4v) is 3.10. The maximum absolute atomic E-state index is 12.5. The average molecular weight is 429 g/mol. The van der Waals surface area contributed by atoms with Crippen LogP contribution in [0.3, 0.4) is 0 Å². The van der Waals surface area contributed by atoms with Gasteiger partial charge in [0.1, 0.15) is 11.9 Å². The minimum atomic E-state index is -2.70. The van der Waals surface area contributed by atoms with Crippen molar-refractivity contribution in [3.63, 3.8) is 0 Å². The molecule has 2 rings (SSSR count). The molecular weight excluding hydrogens is 402 g/mol. The van der Waals surface area contributed by atoms with Gasteiger partial charge in [-0.2, -0.15) is 4.98 Å². The number of aliphatic hydroxyl groups excluding tert-OH is 1. The van der Waals surface area contributed by atoms with Gasteiger partial charge >= 0.3 is 17.8 Å². The molecular formula is C18H27N3O9. The first-order chi connectivity index (χ1) is 14.1. The number of anilines is 1. The van der Waals surface area contributed by atoms with Crippen LogP contribution in [0, 0.1) is 0 Å². The Morgan fingerprint density at radius 2 is 2.07 bits per heavy atom. The summed E-state index contributed by atoms with van der Waals surface area (Å²) in [6, 6.07) is 1.18.